The molecule has 0 aliphatic carbocycles. The molecule has 0 radical (unpaired) electrons. The summed E-state index contributed by atoms with van der Waals surface area (Å²) in [5.74, 6) is -0.188. The first-order valence-electron chi connectivity index (χ1n) is 33.0. The summed E-state index contributed by atoms with van der Waals surface area (Å²) in [6, 6.07) is -0.871. The van der Waals surface area contributed by atoms with E-state index < -0.39 is 20.0 Å². The van der Waals surface area contributed by atoms with E-state index in [-0.39, 0.29) is 19.1 Å². The van der Waals surface area contributed by atoms with Gasteiger partial charge in [0.1, 0.15) is 13.2 Å². The molecule has 78 heavy (non-hydrogen) atoms. The number of nitrogens with zero attached hydrogens (tertiary/aromatic N) is 1. The summed E-state index contributed by atoms with van der Waals surface area (Å²) >= 11 is 0. The summed E-state index contributed by atoms with van der Waals surface area (Å²) in [7, 11) is 1.55. The number of phosphoric ester groups is 1. The number of likely N-dealkylation sites (N-methyl/N-ethyl adjacent to an activating group) is 1. The van der Waals surface area contributed by atoms with Gasteiger partial charge >= 0.3 is 7.82 Å². The maximum absolute atomic E-state index is 13.0. The van der Waals surface area contributed by atoms with Crippen molar-refractivity contribution in [1.29, 1.82) is 0 Å². The summed E-state index contributed by atoms with van der Waals surface area (Å²) < 4.78 is 23.7. The maximum Gasteiger partial charge on any atom is 0.472 e. The molecule has 0 aromatic heterocycles. The standard InChI is InChI=1S/C69H127N2O6P/c1-6-8-10-12-14-16-18-20-22-23-24-25-26-27-28-29-30-31-32-33-34-35-36-37-38-39-40-41-42-43-44-45-46-47-49-51-53-55-57-59-61-63-69(73)70-67(66-77-78(74,75)76-65-64-71(3,4)5)68(72)62-60-58-56-54-52-50-48-21-19-17-15-13-11-9-7-2/h8,10,14,16,19-22,24-25,52,54,60,62,67-68,72H,6-7,9,11-13,15,17-18,23,26-51,53,55-59,61,63-66H2,1-5H3,(H-,70,73,74,75)/p+1/b10-8-,16-14-,21-19+,22-20-,25-24-,54-52+,62-60+. The fourth-order valence-electron chi connectivity index (χ4n) is 9.48. The van der Waals surface area contributed by atoms with Crippen molar-refractivity contribution in [1.82, 2.24) is 5.32 Å². The van der Waals surface area contributed by atoms with Crippen LogP contribution in [0.1, 0.15) is 296 Å². The van der Waals surface area contributed by atoms with Crippen molar-refractivity contribution in [2.75, 3.05) is 40.9 Å². The molecule has 9 heteroatoms. The van der Waals surface area contributed by atoms with Crippen LogP contribution in [0.3, 0.4) is 0 Å². The van der Waals surface area contributed by atoms with E-state index in [1.54, 1.807) is 6.08 Å². The van der Waals surface area contributed by atoms with Crippen molar-refractivity contribution in [2.45, 2.75) is 309 Å². The molecule has 454 valence electrons. The Hall–Kier alpha value is -2.32. The number of hydrogen-bond donors (Lipinski definition) is 3. The molecule has 1 amide bonds. The first-order chi connectivity index (χ1) is 38.0. The van der Waals surface area contributed by atoms with Crippen molar-refractivity contribution in [3.63, 3.8) is 0 Å². The molecule has 0 rings (SSSR count). The fourth-order valence-corrected chi connectivity index (χ4v) is 10.2. The number of carbonyl (C=O) groups is 1. The number of aliphatic hydroxyl groups excluding tert-OH is 1. The molecule has 0 spiro atoms. The third-order valence-electron chi connectivity index (χ3n) is 14.6. The van der Waals surface area contributed by atoms with Gasteiger partial charge in [0.25, 0.3) is 0 Å². The molecular weight excluding hydrogens is 984 g/mol. The second-order valence-corrected chi connectivity index (χ2v) is 24.9. The van der Waals surface area contributed by atoms with Crippen molar-refractivity contribution < 1.29 is 32.9 Å². The van der Waals surface area contributed by atoms with Gasteiger partial charge in [-0.25, -0.2) is 4.57 Å². The van der Waals surface area contributed by atoms with Crippen LogP contribution in [0, 0.1) is 0 Å². The van der Waals surface area contributed by atoms with Crippen LogP contribution in [0.2, 0.25) is 0 Å². The molecular formula is C69H128N2O6P+. The molecule has 8 nitrogen and oxygen atoms in total. The van der Waals surface area contributed by atoms with E-state index >= 15 is 0 Å². The Morgan fingerprint density at radius 3 is 1.18 bits per heavy atom. The van der Waals surface area contributed by atoms with Gasteiger partial charge in [-0.15, -0.1) is 0 Å². The quantitative estimate of drug-likeness (QED) is 0.0243. The molecule has 0 aromatic carbocycles. The average Bonchev–Trinajstić information content (AvgIpc) is 3.41. The number of aliphatic hydroxyl groups is 1. The Balaban J connectivity index is 3.90. The number of allylic oxidation sites excluding steroid dienone is 13. The van der Waals surface area contributed by atoms with Crippen LogP contribution in [0.15, 0.2) is 85.1 Å². The van der Waals surface area contributed by atoms with E-state index in [0.717, 1.165) is 70.6 Å². The second kappa shape index (κ2) is 59.3. The van der Waals surface area contributed by atoms with Gasteiger partial charge in [-0.3, -0.25) is 13.8 Å². The minimum absolute atomic E-state index is 0.0530. The van der Waals surface area contributed by atoms with E-state index in [4.69, 9.17) is 9.05 Å². The molecule has 0 saturated heterocycles. The van der Waals surface area contributed by atoms with Gasteiger partial charge < -0.3 is 19.8 Å². The number of rotatable bonds is 60. The normalized spacial score (nSPS) is 14.3. The summed E-state index contributed by atoms with van der Waals surface area (Å²) in [6.45, 7) is 4.67. The minimum Gasteiger partial charge on any atom is -0.387 e. The van der Waals surface area contributed by atoms with Crippen molar-refractivity contribution >= 4 is 13.7 Å². The SMILES string of the molecule is CC/C=C\C/C=C\C/C=C\C/C=C\CCCCCCCCCCCCCCCCCCCCCCCCCCCCCCC(=O)NC(COP(=O)(O)OCC[N+](C)(C)C)C(O)/C=C/CC/C=C/CC/C=C/CCCCCCC. The third-order valence-corrected chi connectivity index (χ3v) is 15.6. The Labute approximate surface area is 484 Å². The summed E-state index contributed by atoms with van der Waals surface area (Å²) in [5, 5.41) is 13.9. The molecule has 0 heterocycles. The zero-order valence-electron chi connectivity index (χ0n) is 51.9. The topological polar surface area (TPSA) is 105 Å². The monoisotopic (exact) mass is 1110 g/mol. The van der Waals surface area contributed by atoms with Gasteiger partial charge in [0.15, 0.2) is 0 Å². The first-order valence-corrected chi connectivity index (χ1v) is 34.5. The lowest BCUT2D eigenvalue weighted by Gasteiger charge is -2.25. The largest absolute Gasteiger partial charge is 0.472 e. The van der Waals surface area contributed by atoms with Crippen molar-refractivity contribution in [3.05, 3.63) is 85.1 Å². The van der Waals surface area contributed by atoms with Crippen LogP contribution in [0.5, 0.6) is 0 Å². The summed E-state index contributed by atoms with van der Waals surface area (Å²) in [5.41, 5.74) is 0. The number of quaternary nitrogens is 1. The molecule has 0 aromatic rings. The first kappa shape index (κ1) is 75.7. The molecule has 3 unspecified atom stereocenters. The van der Waals surface area contributed by atoms with Gasteiger partial charge in [-0.1, -0.05) is 292 Å². The van der Waals surface area contributed by atoms with Crippen molar-refractivity contribution in [3.8, 4) is 0 Å². The van der Waals surface area contributed by atoms with Gasteiger partial charge in [-0.2, -0.15) is 0 Å². The van der Waals surface area contributed by atoms with E-state index in [1.165, 1.54) is 205 Å². The lowest BCUT2D eigenvalue weighted by atomic mass is 10.0. The third kappa shape index (κ3) is 61.3. The van der Waals surface area contributed by atoms with Crippen LogP contribution in [0.25, 0.3) is 0 Å². The minimum atomic E-state index is -4.36. The Kier molecular flexibility index (Phi) is 57.5. The van der Waals surface area contributed by atoms with E-state index in [2.05, 4.69) is 92.1 Å². The van der Waals surface area contributed by atoms with Gasteiger partial charge in [0.2, 0.25) is 5.91 Å². The summed E-state index contributed by atoms with van der Waals surface area (Å²) in [4.78, 5) is 23.3. The van der Waals surface area contributed by atoms with Gasteiger partial charge in [0.05, 0.1) is 39.9 Å². The van der Waals surface area contributed by atoms with Gasteiger partial charge in [0, 0.05) is 6.42 Å². The zero-order chi connectivity index (χ0) is 57.0. The highest BCUT2D eigenvalue weighted by atomic mass is 31.2. The van der Waals surface area contributed by atoms with E-state index in [1.807, 2.05) is 27.2 Å². The molecule has 0 saturated carbocycles. The maximum atomic E-state index is 13.0. The highest BCUT2D eigenvalue weighted by Crippen LogP contribution is 2.43. The molecule has 0 fully saturated rings. The van der Waals surface area contributed by atoms with Crippen LogP contribution in [0.4, 0.5) is 0 Å². The number of carbonyl (C=O) groups excluding carboxylic acids is 1. The van der Waals surface area contributed by atoms with Crippen LogP contribution >= 0.6 is 7.82 Å². The second-order valence-electron chi connectivity index (χ2n) is 23.4. The molecule has 0 bridgehead atoms. The predicted molar refractivity (Wildman–Crippen MR) is 341 cm³/mol. The lowest BCUT2D eigenvalue weighted by molar-refractivity contribution is -0.870. The van der Waals surface area contributed by atoms with Gasteiger partial charge in [-0.05, 0) is 83.5 Å². The van der Waals surface area contributed by atoms with Crippen LogP contribution in [-0.2, 0) is 18.4 Å². The molecule has 3 N–H and O–H groups in total. The van der Waals surface area contributed by atoms with E-state index in [9.17, 15) is 19.4 Å². The molecule has 0 aliphatic heterocycles. The predicted octanol–water partition coefficient (Wildman–Crippen LogP) is 20.8. The molecule has 3 atom stereocenters. The lowest BCUT2D eigenvalue weighted by Crippen LogP contribution is -2.45. The smallest absolute Gasteiger partial charge is 0.387 e. The number of amides is 1. The highest BCUT2D eigenvalue weighted by Gasteiger charge is 2.27. The summed E-state index contributed by atoms with van der Waals surface area (Å²) in [6.07, 6.45) is 84.6. The van der Waals surface area contributed by atoms with Crippen LogP contribution in [-0.4, -0.2) is 73.4 Å². The Bertz CT molecular complexity index is 1550. The number of hydrogen-bond acceptors (Lipinski definition) is 5. The van der Waals surface area contributed by atoms with Crippen molar-refractivity contribution in [2.24, 2.45) is 0 Å². The number of phosphoric acid groups is 1. The average molecular weight is 1110 g/mol. The fraction of sp³-hybridized carbons (Fsp3) is 0.783. The van der Waals surface area contributed by atoms with E-state index in [0.29, 0.717) is 17.4 Å². The number of nitrogens with one attached hydrogen (secondary N) is 1. The molecule has 0 aliphatic rings. The Morgan fingerprint density at radius 1 is 0.449 bits per heavy atom. The zero-order valence-corrected chi connectivity index (χ0v) is 52.8. The highest BCUT2D eigenvalue weighted by molar-refractivity contribution is 7.47. The van der Waals surface area contributed by atoms with Crippen LogP contribution < -0.4 is 5.32 Å². The number of unbranched alkanes of at least 4 members (excludes halogenated alkanes) is 35. The Morgan fingerprint density at radius 2 is 0.782 bits per heavy atom.